The fourth-order valence-electron chi connectivity index (χ4n) is 2.52. The SMILES string of the molecule is C=CC[n+]1cccc(CN2C(=O)c3ccc(F)cc3C2=O)c1.[Br-]. The van der Waals surface area contributed by atoms with Gasteiger partial charge in [-0.2, -0.15) is 0 Å². The van der Waals surface area contributed by atoms with Crippen LogP contribution in [0.25, 0.3) is 0 Å². The van der Waals surface area contributed by atoms with Crippen LogP contribution in [-0.4, -0.2) is 16.7 Å². The molecule has 0 saturated carbocycles. The van der Waals surface area contributed by atoms with Crippen molar-refractivity contribution in [2.24, 2.45) is 0 Å². The molecule has 0 fully saturated rings. The van der Waals surface area contributed by atoms with Crippen molar-refractivity contribution in [1.29, 1.82) is 0 Å². The minimum Gasteiger partial charge on any atom is -1.00 e. The van der Waals surface area contributed by atoms with Gasteiger partial charge < -0.3 is 17.0 Å². The average molecular weight is 377 g/mol. The van der Waals surface area contributed by atoms with E-state index in [9.17, 15) is 14.0 Å². The van der Waals surface area contributed by atoms with Gasteiger partial charge in [-0.15, -0.1) is 0 Å². The third-order valence-electron chi connectivity index (χ3n) is 3.53. The maximum Gasteiger partial charge on any atom is 0.261 e. The van der Waals surface area contributed by atoms with E-state index in [-0.39, 0.29) is 40.6 Å². The van der Waals surface area contributed by atoms with Crippen LogP contribution < -0.4 is 21.5 Å². The number of carbonyl (C=O) groups is 2. The van der Waals surface area contributed by atoms with Gasteiger partial charge in [-0.1, -0.05) is 6.58 Å². The Balaban J connectivity index is 0.00000192. The Labute approximate surface area is 143 Å². The topological polar surface area (TPSA) is 41.3 Å². The number of rotatable bonds is 4. The number of carbonyl (C=O) groups excluding carboxylic acids is 2. The van der Waals surface area contributed by atoms with Gasteiger partial charge in [0.2, 0.25) is 0 Å². The molecule has 1 aliphatic heterocycles. The molecule has 0 N–H and O–H groups in total. The first-order valence-electron chi connectivity index (χ1n) is 6.85. The second kappa shape index (κ2) is 6.83. The summed E-state index contributed by atoms with van der Waals surface area (Å²) in [5.74, 6) is -1.37. The zero-order chi connectivity index (χ0) is 15.7. The van der Waals surface area contributed by atoms with Gasteiger partial charge in [-0.25, -0.2) is 8.96 Å². The van der Waals surface area contributed by atoms with E-state index in [0.717, 1.165) is 16.5 Å². The van der Waals surface area contributed by atoms with Crippen LogP contribution in [-0.2, 0) is 13.1 Å². The molecular formula is C17H14BrFN2O2. The Kier molecular flexibility index (Phi) is 5.05. The first kappa shape index (κ1) is 17.0. The fourth-order valence-corrected chi connectivity index (χ4v) is 2.52. The third kappa shape index (κ3) is 3.22. The number of aromatic nitrogens is 1. The van der Waals surface area contributed by atoms with E-state index in [1.807, 2.05) is 29.1 Å². The number of benzene rings is 1. The second-order valence-corrected chi connectivity index (χ2v) is 5.08. The highest BCUT2D eigenvalue weighted by Crippen LogP contribution is 2.24. The lowest BCUT2D eigenvalue weighted by Gasteiger charge is -2.12. The minimum atomic E-state index is -0.523. The monoisotopic (exact) mass is 376 g/mol. The first-order valence-corrected chi connectivity index (χ1v) is 6.85. The predicted molar refractivity (Wildman–Crippen MR) is 77.4 cm³/mol. The van der Waals surface area contributed by atoms with E-state index in [0.29, 0.717) is 6.54 Å². The summed E-state index contributed by atoms with van der Waals surface area (Å²) in [6, 6.07) is 7.33. The minimum absolute atomic E-state index is 0. The summed E-state index contributed by atoms with van der Waals surface area (Å²) in [6.07, 6.45) is 5.49. The lowest BCUT2D eigenvalue weighted by atomic mass is 10.1. The zero-order valence-corrected chi connectivity index (χ0v) is 13.8. The van der Waals surface area contributed by atoms with Gasteiger partial charge in [0.05, 0.1) is 17.7 Å². The van der Waals surface area contributed by atoms with E-state index in [2.05, 4.69) is 6.58 Å². The fraction of sp³-hybridized carbons (Fsp3) is 0.118. The number of hydrogen-bond acceptors (Lipinski definition) is 2. The molecule has 118 valence electrons. The van der Waals surface area contributed by atoms with Gasteiger partial charge in [-0.05, 0) is 30.3 Å². The van der Waals surface area contributed by atoms with E-state index < -0.39 is 11.7 Å². The van der Waals surface area contributed by atoms with E-state index >= 15 is 0 Å². The summed E-state index contributed by atoms with van der Waals surface area (Å²) < 4.78 is 15.2. The van der Waals surface area contributed by atoms with Crippen LogP contribution in [0.5, 0.6) is 0 Å². The van der Waals surface area contributed by atoms with Crippen LogP contribution in [0.1, 0.15) is 26.3 Å². The van der Waals surface area contributed by atoms with Crippen molar-refractivity contribution in [3.63, 3.8) is 0 Å². The highest BCUT2D eigenvalue weighted by Gasteiger charge is 2.35. The van der Waals surface area contributed by atoms with Gasteiger partial charge in [0.25, 0.3) is 11.8 Å². The van der Waals surface area contributed by atoms with Gasteiger partial charge in [0, 0.05) is 11.6 Å². The molecule has 2 heterocycles. The van der Waals surface area contributed by atoms with Gasteiger partial charge in [0.1, 0.15) is 5.82 Å². The van der Waals surface area contributed by atoms with Crippen LogP contribution in [0, 0.1) is 5.82 Å². The molecular weight excluding hydrogens is 363 g/mol. The Bertz CT molecular complexity index is 792. The molecule has 0 radical (unpaired) electrons. The van der Waals surface area contributed by atoms with Crippen molar-refractivity contribution >= 4 is 11.8 Å². The maximum absolute atomic E-state index is 13.3. The summed E-state index contributed by atoms with van der Waals surface area (Å²) in [4.78, 5) is 25.7. The van der Waals surface area contributed by atoms with Crippen molar-refractivity contribution < 1.29 is 35.5 Å². The number of fused-ring (bicyclic) bond motifs is 1. The smallest absolute Gasteiger partial charge is 0.261 e. The lowest BCUT2D eigenvalue weighted by molar-refractivity contribution is -0.687. The summed E-state index contributed by atoms with van der Waals surface area (Å²) in [5.41, 5.74) is 1.19. The summed E-state index contributed by atoms with van der Waals surface area (Å²) >= 11 is 0. The Morgan fingerprint density at radius 3 is 2.65 bits per heavy atom. The quantitative estimate of drug-likeness (QED) is 0.394. The Morgan fingerprint density at radius 2 is 1.91 bits per heavy atom. The molecule has 6 heteroatoms. The van der Waals surface area contributed by atoms with E-state index in [4.69, 9.17) is 0 Å². The summed E-state index contributed by atoms with van der Waals surface area (Å²) in [7, 11) is 0. The molecule has 4 nitrogen and oxygen atoms in total. The third-order valence-corrected chi connectivity index (χ3v) is 3.53. The van der Waals surface area contributed by atoms with Crippen LogP contribution in [0.4, 0.5) is 4.39 Å². The standard InChI is InChI=1S/C17H14FN2O2.BrH/c1-2-7-19-8-3-4-12(10-19)11-20-16(21)14-6-5-13(18)9-15(14)17(20)22;/h2-6,8-10H,1,7,11H2;1H/q+1;/p-1. The molecule has 1 aromatic heterocycles. The van der Waals surface area contributed by atoms with Crippen LogP contribution in [0.3, 0.4) is 0 Å². The number of allylic oxidation sites excluding steroid dienone is 1. The maximum atomic E-state index is 13.3. The molecule has 0 unspecified atom stereocenters. The number of halogens is 2. The van der Waals surface area contributed by atoms with Gasteiger partial charge >= 0.3 is 0 Å². The van der Waals surface area contributed by atoms with E-state index in [1.54, 1.807) is 6.08 Å². The highest BCUT2D eigenvalue weighted by atomic mass is 79.9. The molecule has 0 atom stereocenters. The number of nitrogens with zero attached hydrogens (tertiary/aromatic N) is 2. The molecule has 0 bridgehead atoms. The van der Waals surface area contributed by atoms with E-state index in [1.165, 1.54) is 12.1 Å². The van der Waals surface area contributed by atoms with Crippen LogP contribution >= 0.6 is 0 Å². The van der Waals surface area contributed by atoms with Crippen molar-refractivity contribution in [2.75, 3.05) is 0 Å². The summed E-state index contributed by atoms with van der Waals surface area (Å²) in [6.45, 7) is 4.47. The molecule has 1 aliphatic rings. The molecule has 0 aliphatic carbocycles. The largest absolute Gasteiger partial charge is 1.00 e. The zero-order valence-electron chi connectivity index (χ0n) is 12.2. The Hall–Kier alpha value is -2.34. The molecule has 0 saturated heterocycles. The summed E-state index contributed by atoms with van der Waals surface area (Å²) in [5, 5.41) is 0. The average Bonchev–Trinajstić information content (AvgIpc) is 2.73. The van der Waals surface area contributed by atoms with Crippen LogP contribution in [0.2, 0.25) is 0 Å². The molecule has 1 aromatic carbocycles. The predicted octanol–water partition coefficient (Wildman–Crippen LogP) is -0.901. The second-order valence-electron chi connectivity index (χ2n) is 5.08. The lowest BCUT2D eigenvalue weighted by Crippen LogP contribution is -3.00. The van der Waals surface area contributed by atoms with Crippen molar-refractivity contribution in [3.05, 3.63) is 77.9 Å². The number of hydrogen-bond donors (Lipinski definition) is 0. The number of pyridine rings is 1. The molecule has 2 amide bonds. The Morgan fingerprint density at radius 1 is 1.17 bits per heavy atom. The van der Waals surface area contributed by atoms with Crippen molar-refractivity contribution in [3.8, 4) is 0 Å². The normalized spacial score (nSPS) is 12.8. The van der Waals surface area contributed by atoms with Crippen molar-refractivity contribution in [2.45, 2.75) is 13.1 Å². The van der Waals surface area contributed by atoms with Gasteiger partial charge in [0.15, 0.2) is 18.9 Å². The molecule has 0 spiro atoms. The molecule has 3 rings (SSSR count). The highest BCUT2D eigenvalue weighted by molar-refractivity contribution is 6.21. The van der Waals surface area contributed by atoms with Crippen LogP contribution in [0.15, 0.2) is 55.4 Å². The van der Waals surface area contributed by atoms with Gasteiger partial charge in [-0.3, -0.25) is 14.5 Å². The van der Waals surface area contributed by atoms with Crippen molar-refractivity contribution in [1.82, 2.24) is 4.90 Å². The first-order chi connectivity index (χ1) is 10.6. The number of amides is 2. The molecule has 2 aromatic rings. The number of imide groups is 1. The molecule has 23 heavy (non-hydrogen) atoms.